The third-order valence-electron chi connectivity index (χ3n) is 8.58. The number of rotatable bonds is 4. The van der Waals surface area contributed by atoms with Crippen molar-refractivity contribution in [3.8, 4) is 22.5 Å². The Kier molecular flexibility index (Phi) is 7.61. The van der Waals surface area contributed by atoms with Gasteiger partial charge in [0, 0.05) is 71.9 Å². The Morgan fingerprint density at radius 3 is 2.49 bits per heavy atom. The maximum Gasteiger partial charge on any atom is 0.219 e. The number of carbonyl (C=O) groups excluding carboxylic acids is 1. The average Bonchev–Trinajstić information content (AvgIpc) is 3.33. The SMILES string of the molecule is CC(=O)N1CCN(C2CC(n3nc(-c4ccc5[c-]cc(-c6ccccc6)nc5c4C)c4c(N)ncnc43)C2)CC1.[Y]. The van der Waals surface area contributed by atoms with Crippen LogP contribution >= 0.6 is 0 Å². The van der Waals surface area contributed by atoms with Gasteiger partial charge in [0.25, 0.3) is 0 Å². The van der Waals surface area contributed by atoms with Gasteiger partial charge in [-0.3, -0.25) is 9.69 Å². The number of aromatic nitrogens is 5. The molecule has 1 aliphatic carbocycles. The Morgan fingerprint density at radius 1 is 1.00 bits per heavy atom. The maximum atomic E-state index is 11.7. The van der Waals surface area contributed by atoms with Crippen molar-refractivity contribution in [2.24, 2.45) is 0 Å². The molecular formula is C31H31N8OY-. The van der Waals surface area contributed by atoms with Crippen LogP contribution in [0.3, 0.4) is 0 Å². The molecule has 2 N–H and O–H groups in total. The van der Waals surface area contributed by atoms with E-state index < -0.39 is 0 Å². The molecule has 0 atom stereocenters. The van der Waals surface area contributed by atoms with E-state index in [1.165, 1.54) is 6.33 Å². The number of benzene rings is 2. The summed E-state index contributed by atoms with van der Waals surface area (Å²) in [4.78, 5) is 30.1. The fourth-order valence-corrected chi connectivity index (χ4v) is 6.17. The maximum absolute atomic E-state index is 11.7. The van der Waals surface area contributed by atoms with Crippen LogP contribution in [0, 0.1) is 13.0 Å². The Hall–Kier alpha value is -3.27. The second kappa shape index (κ2) is 11.2. The zero-order chi connectivity index (χ0) is 27.4. The summed E-state index contributed by atoms with van der Waals surface area (Å²) in [6.45, 7) is 7.17. The molecule has 1 radical (unpaired) electrons. The predicted octanol–water partition coefficient (Wildman–Crippen LogP) is 4.26. The minimum atomic E-state index is 0. The summed E-state index contributed by atoms with van der Waals surface area (Å²) in [5.74, 6) is 0.590. The Bertz CT molecular complexity index is 1740. The van der Waals surface area contributed by atoms with Gasteiger partial charge in [-0.15, -0.1) is 23.6 Å². The van der Waals surface area contributed by atoms with Crippen LogP contribution in [-0.4, -0.2) is 72.7 Å². The summed E-state index contributed by atoms with van der Waals surface area (Å²) in [5.41, 5.74) is 12.8. The molecule has 3 aromatic heterocycles. The molecule has 7 rings (SSSR count). The van der Waals surface area contributed by atoms with Crippen LogP contribution in [0.5, 0.6) is 0 Å². The summed E-state index contributed by atoms with van der Waals surface area (Å²) < 4.78 is 2.05. The van der Waals surface area contributed by atoms with E-state index in [2.05, 4.69) is 50.7 Å². The van der Waals surface area contributed by atoms with Gasteiger partial charge in [-0.1, -0.05) is 42.0 Å². The van der Waals surface area contributed by atoms with Gasteiger partial charge in [0.15, 0.2) is 5.65 Å². The molecule has 205 valence electrons. The van der Waals surface area contributed by atoms with Gasteiger partial charge in [0.05, 0.1) is 11.4 Å². The molecule has 10 heteroatoms. The summed E-state index contributed by atoms with van der Waals surface area (Å²) >= 11 is 0. The third-order valence-corrected chi connectivity index (χ3v) is 8.58. The minimum Gasteiger partial charge on any atom is -0.383 e. The first-order chi connectivity index (χ1) is 19.5. The van der Waals surface area contributed by atoms with E-state index in [0.29, 0.717) is 11.9 Å². The number of nitrogens with zero attached hydrogens (tertiary/aromatic N) is 7. The normalized spacial score (nSPS) is 19.2. The molecule has 5 aromatic rings. The molecule has 1 amide bonds. The van der Waals surface area contributed by atoms with Crippen molar-refractivity contribution in [3.05, 3.63) is 66.5 Å². The van der Waals surface area contributed by atoms with Gasteiger partial charge in [-0.25, -0.2) is 14.6 Å². The first kappa shape index (κ1) is 27.9. The van der Waals surface area contributed by atoms with E-state index in [9.17, 15) is 4.79 Å². The monoisotopic (exact) mass is 620 g/mol. The number of aryl methyl sites for hydroxylation is 1. The van der Waals surface area contributed by atoms with Crippen LogP contribution in [-0.2, 0) is 37.5 Å². The Morgan fingerprint density at radius 2 is 1.76 bits per heavy atom. The number of amides is 1. The molecule has 0 spiro atoms. The minimum absolute atomic E-state index is 0. The Balaban J connectivity index is 0.00000302. The number of nitrogen functional groups attached to an aromatic ring is 1. The molecule has 2 aliphatic rings. The molecule has 1 saturated carbocycles. The van der Waals surface area contributed by atoms with Gasteiger partial charge in [-0.2, -0.15) is 5.10 Å². The molecule has 41 heavy (non-hydrogen) atoms. The Labute approximate surface area is 264 Å². The van der Waals surface area contributed by atoms with Crippen molar-refractivity contribution in [2.75, 3.05) is 31.9 Å². The van der Waals surface area contributed by atoms with E-state index >= 15 is 0 Å². The van der Waals surface area contributed by atoms with Crippen LogP contribution in [0.4, 0.5) is 5.82 Å². The fraction of sp³-hybridized carbons (Fsp3) is 0.323. The molecule has 0 unspecified atom stereocenters. The second-order valence-electron chi connectivity index (χ2n) is 10.9. The van der Waals surface area contributed by atoms with Crippen LogP contribution in [0.2, 0.25) is 0 Å². The molecule has 0 bridgehead atoms. The largest absolute Gasteiger partial charge is 0.383 e. The predicted molar refractivity (Wildman–Crippen MR) is 155 cm³/mol. The van der Waals surface area contributed by atoms with E-state index in [1.807, 2.05) is 35.2 Å². The standard InChI is InChI=1S/C31H31N8O.Y/c1-19-25(10-8-22-9-11-26(35-28(19)22)21-6-4-3-5-7-21)29-27-30(32)33-18-34-31(27)39(36-29)24-16-23(17-24)38-14-12-37(13-15-38)20(2)40;/h3-8,10-11,18,23-24H,12-17H2,1-2H3,(H2,32,33,34);/q-1;. The van der Waals surface area contributed by atoms with E-state index in [1.54, 1.807) is 6.92 Å². The molecule has 4 heterocycles. The van der Waals surface area contributed by atoms with Crippen molar-refractivity contribution < 1.29 is 37.5 Å². The summed E-state index contributed by atoms with van der Waals surface area (Å²) in [6.07, 6.45) is 3.51. The van der Waals surface area contributed by atoms with Crippen LogP contribution < -0.4 is 5.73 Å². The van der Waals surface area contributed by atoms with Gasteiger partial charge < -0.3 is 15.6 Å². The molecule has 2 fully saturated rings. The van der Waals surface area contributed by atoms with Gasteiger partial charge in [-0.05, 0) is 42.1 Å². The van der Waals surface area contributed by atoms with Gasteiger partial charge in [0.2, 0.25) is 5.91 Å². The van der Waals surface area contributed by atoms with Crippen molar-refractivity contribution in [1.29, 1.82) is 0 Å². The number of hydrogen-bond donors (Lipinski definition) is 1. The van der Waals surface area contributed by atoms with Crippen LogP contribution in [0.25, 0.3) is 44.5 Å². The fourth-order valence-electron chi connectivity index (χ4n) is 6.17. The van der Waals surface area contributed by atoms with E-state index in [4.69, 9.17) is 15.8 Å². The number of pyridine rings is 1. The number of nitrogens with two attached hydrogens (primary N) is 1. The summed E-state index contributed by atoms with van der Waals surface area (Å²) in [7, 11) is 0. The zero-order valence-electron chi connectivity index (χ0n) is 23.3. The summed E-state index contributed by atoms with van der Waals surface area (Å²) in [5, 5.41) is 6.87. The third kappa shape index (κ3) is 4.94. The average molecular weight is 621 g/mol. The molecule has 1 aliphatic heterocycles. The first-order valence-electron chi connectivity index (χ1n) is 13.8. The van der Waals surface area contributed by atoms with E-state index in [-0.39, 0.29) is 44.7 Å². The van der Waals surface area contributed by atoms with Crippen molar-refractivity contribution in [1.82, 2.24) is 34.5 Å². The zero-order valence-corrected chi connectivity index (χ0v) is 26.1. The van der Waals surface area contributed by atoms with E-state index in [0.717, 1.165) is 89.0 Å². The smallest absolute Gasteiger partial charge is 0.219 e. The van der Waals surface area contributed by atoms with Crippen LogP contribution in [0.15, 0.2) is 54.9 Å². The van der Waals surface area contributed by atoms with Crippen molar-refractivity contribution in [2.45, 2.75) is 38.8 Å². The molecular weight excluding hydrogens is 589 g/mol. The van der Waals surface area contributed by atoms with Crippen molar-refractivity contribution >= 4 is 33.7 Å². The molecule has 9 nitrogen and oxygen atoms in total. The topological polar surface area (TPSA) is 106 Å². The second-order valence-corrected chi connectivity index (χ2v) is 10.9. The van der Waals surface area contributed by atoms with Gasteiger partial charge in [0.1, 0.15) is 17.8 Å². The summed E-state index contributed by atoms with van der Waals surface area (Å²) in [6, 6.07) is 20.4. The molecule has 2 aromatic carbocycles. The number of piperazine rings is 1. The van der Waals surface area contributed by atoms with Gasteiger partial charge >= 0.3 is 0 Å². The van der Waals surface area contributed by atoms with Crippen molar-refractivity contribution in [3.63, 3.8) is 0 Å². The number of anilines is 1. The van der Waals surface area contributed by atoms with Crippen LogP contribution in [0.1, 0.15) is 31.4 Å². The quantitative estimate of drug-likeness (QED) is 0.300. The number of carbonyl (C=O) groups is 1. The first-order valence-corrected chi connectivity index (χ1v) is 13.8. The molecule has 1 saturated heterocycles. The number of hydrogen-bond acceptors (Lipinski definition) is 7. The number of fused-ring (bicyclic) bond motifs is 2.